The van der Waals surface area contributed by atoms with Crippen molar-refractivity contribution in [3.8, 4) is 0 Å². The predicted octanol–water partition coefficient (Wildman–Crippen LogP) is 0.712. The molecule has 0 aromatic heterocycles. The summed E-state index contributed by atoms with van der Waals surface area (Å²) in [6.45, 7) is 0. The summed E-state index contributed by atoms with van der Waals surface area (Å²) >= 11 is 0. The maximum absolute atomic E-state index is 10.7. The minimum absolute atomic E-state index is 0.0376. The molecule has 0 aromatic carbocycles. The summed E-state index contributed by atoms with van der Waals surface area (Å²) in [4.78, 5) is 10.7. The van der Waals surface area contributed by atoms with Crippen molar-refractivity contribution in [2.24, 2.45) is 11.3 Å². The van der Waals surface area contributed by atoms with E-state index >= 15 is 0 Å². The van der Waals surface area contributed by atoms with Gasteiger partial charge in [0.25, 0.3) is 0 Å². The van der Waals surface area contributed by atoms with Crippen LogP contribution >= 0.6 is 0 Å². The highest BCUT2D eigenvalue weighted by molar-refractivity contribution is 5.73. The first-order valence-corrected chi connectivity index (χ1v) is 3.51. The minimum Gasteiger partial charge on any atom is -0.462 e. The number of carbonyl (C=O) groups is 1. The average Bonchev–Trinajstić information content (AvgIpc) is 2.50. The Morgan fingerprint density at radius 3 is 3.22 bits per heavy atom. The number of hydrogen-bond donors (Lipinski definition) is 0. The molecule has 2 aliphatic carbocycles. The van der Waals surface area contributed by atoms with Gasteiger partial charge in [0.05, 0.1) is 0 Å². The molecule has 0 radical (unpaired) electrons. The molecule has 2 heteroatoms. The normalized spacial score (nSPS) is 59.3. The number of ether oxygens (including phenoxy) is 1. The van der Waals surface area contributed by atoms with Crippen LogP contribution in [0.1, 0.15) is 19.3 Å². The first kappa shape index (κ1) is 4.31. The topological polar surface area (TPSA) is 26.3 Å². The molecule has 48 valence electrons. The van der Waals surface area contributed by atoms with E-state index in [0.29, 0.717) is 17.9 Å². The van der Waals surface area contributed by atoms with Gasteiger partial charge in [0, 0.05) is 11.8 Å². The van der Waals surface area contributed by atoms with E-state index in [-0.39, 0.29) is 5.97 Å². The molecule has 1 aliphatic heterocycles. The summed E-state index contributed by atoms with van der Waals surface area (Å²) < 4.78 is 5.07. The summed E-state index contributed by atoms with van der Waals surface area (Å²) in [5.41, 5.74) is 0.550. The molecule has 0 bridgehead atoms. The van der Waals surface area contributed by atoms with Crippen LogP contribution in [0.15, 0.2) is 0 Å². The van der Waals surface area contributed by atoms with Crippen LogP contribution in [0.3, 0.4) is 0 Å². The van der Waals surface area contributed by atoms with Crippen LogP contribution in [-0.2, 0) is 9.53 Å². The fraction of sp³-hybridized carbons (Fsp3) is 0.857. The second-order valence-corrected chi connectivity index (χ2v) is 3.52. The SMILES string of the molecule is O=C1C[C@H]2CC23C[C@@H]3O1. The van der Waals surface area contributed by atoms with E-state index in [0.717, 1.165) is 5.92 Å². The summed E-state index contributed by atoms with van der Waals surface area (Å²) in [7, 11) is 0. The van der Waals surface area contributed by atoms with Gasteiger partial charge in [-0.25, -0.2) is 0 Å². The second-order valence-electron chi connectivity index (χ2n) is 3.52. The van der Waals surface area contributed by atoms with Gasteiger partial charge in [0.1, 0.15) is 6.10 Å². The third-order valence-corrected chi connectivity index (χ3v) is 3.01. The van der Waals surface area contributed by atoms with Crippen molar-refractivity contribution < 1.29 is 9.53 Å². The van der Waals surface area contributed by atoms with E-state index in [1.165, 1.54) is 12.8 Å². The Morgan fingerprint density at radius 1 is 1.56 bits per heavy atom. The first-order valence-electron chi connectivity index (χ1n) is 3.51. The molecule has 1 unspecified atom stereocenters. The lowest BCUT2D eigenvalue weighted by Crippen LogP contribution is -2.14. The monoisotopic (exact) mass is 124 g/mol. The van der Waals surface area contributed by atoms with Gasteiger partial charge in [-0.2, -0.15) is 0 Å². The zero-order valence-corrected chi connectivity index (χ0v) is 5.09. The Hall–Kier alpha value is -0.530. The van der Waals surface area contributed by atoms with Crippen molar-refractivity contribution >= 4 is 5.97 Å². The molecule has 3 atom stereocenters. The van der Waals surface area contributed by atoms with Crippen LogP contribution in [0.4, 0.5) is 0 Å². The first-order chi connectivity index (χ1) is 4.31. The zero-order chi connectivity index (χ0) is 6.06. The molecular formula is C7H8O2. The Bertz CT molecular complexity index is 177. The Kier molecular flexibility index (Phi) is 0.439. The van der Waals surface area contributed by atoms with Crippen molar-refractivity contribution in [2.45, 2.75) is 25.4 Å². The molecule has 0 aromatic rings. The lowest BCUT2D eigenvalue weighted by Gasteiger charge is -2.07. The molecule has 1 saturated heterocycles. The third-order valence-electron chi connectivity index (χ3n) is 3.01. The van der Waals surface area contributed by atoms with Crippen LogP contribution in [-0.4, -0.2) is 12.1 Å². The summed E-state index contributed by atoms with van der Waals surface area (Å²) in [5, 5.41) is 0. The van der Waals surface area contributed by atoms with Crippen LogP contribution < -0.4 is 0 Å². The second kappa shape index (κ2) is 0.917. The van der Waals surface area contributed by atoms with E-state index < -0.39 is 0 Å². The Morgan fingerprint density at radius 2 is 2.44 bits per heavy atom. The third kappa shape index (κ3) is 0.345. The summed E-state index contributed by atoms with van der Waals surface area (Å²) in [5.74, 6) is 0.763. The molecular weight excluding hydrogens is 116 g/mol. The van der Waals surface area contributed by atoms with Crippen molar-refractivity contribution in [1.29, 1.82) is 0 Å². The lowest BCUT2D eigenvalue weighted by molar-refractivity contribution is -0.148. The van der Waals surface area contributed by atoms with Crippen LogP contribution in [0.25, 0.3) is 0 Å². The van der Waals surface area contributed by atoms with Gasteiger partial charge in [0.2, 0.25) is 0 Å². The fourth-order valence-corrected chi connectivity index (χ4v) is 2.17. The molecule has 3 fully saturated rings. The van der Waals surface area contributed by atoms with Crippen molar-refractivity contribution in [1.82, 2.24) is 0 Å². The highest BCUT2D eigenvalue weighted by Crippen LogP contribution is 2.74. The van der Waals surface area contributed by atoms with Crippen molar-refractivity contribution in [3.63, 3.8) is 0 Å². The molecule has 3 aliphatic rings. The highest BCUT2D eigenvalue weighted by Gasteiger charge is 2.75. The van der Waals surface area contributed by atoms with Crippen LogP contribution in [0.2, 0.25) is 0 Å². The number of esters is 1. The van der Waals surface area contributed by atoms with Gasteiger partial charge in [0.15, 0.2) is 0 Å². The Labute approximate surface area is 53.2 Å². The Balaban J connectivity index is 1.95. The van der Waals surface area contributed by atoms with E-state index in [1.54, 1.807) is 0 Å². The van der Waals surface area contributed by atoms with Gasteiger partial charge in [-0.15, -0.1) is 0 Å². The molecule has 1 heterocycles. The van der Waals surface area contributed by atoms with E-state index in [9.17, 15) is 4.79 Å². The number of hydrogen-bond acceptors (Lipinski definition) is 2. The quantitative estimate of drug-likeness (QED) is 0.444. The fourth-order valence-electron chi connectivity index (χ4n) is 2.17. The molecule has 1 spiro atoms. The van der Waals surface area contributed by atoms with Gasteiger partial charge in [-0.3, -0.25) is 4.79 Å². The molecule has 3 rings (SSSR count). The predicted molar refractivity (Wildman–Crippen MR) is 29.7 cm³/mol. The number of carbonyl (C=O) groups excluding carboxylic acids is 1. The van der Waals surface area contributed by atoms with Gasteiger partial charge in [-0.1, -0.05) is 0 Å². The van der Waals surface area contributed by atoms with Crippen molar-refractivity contribution in [2.75, 3.05) is 0 Å². The van der Waals surface area contributed by atoms with Gasteiger partial charge < -0.3 is 4.74 Å². The van der Waals surface area contributed by atoms with E-state index in [1.807, 2.05) is 0 Å². The molecule has 2 saturated carbocycles. The highest BCUT2D eigenvalue weighted by atomic mass is 16.6. The smallest absolute Gasteiger partial charge is 0.306 e. The minimum atomic E-state index is 0.0376. The summed E-state index contributed by atoms with van der Waals surface area (Å²) in [6.07, 6.45) is 3.49. The van der Waals surface area contributed by atoms with E-state index in [2.05, 4.69) is 0 Å². The van der Waals surface area contributed by atoms with Crippen LogP contribution in [0.5, 0.6) is 0 Å². The standard InChI is InChI=1S/C7H8O2/c8-6-1-4-2-7(4)3-5(7)9-6/h4-5H,1-3H2/t4-,5-,7?/m0/s1. The van der Waals surface area contributed by atoms with Gasteiger partial charge in [-0.05, 0) is 18.8 Å². The largest absolute Gasteiger partial charge is 0.462 e. The maximum atomic E-state index is 10.7. The van der Waals surface area contributed by atoms with Crippen molar-refractivity contribution in [3.05, 3.63) is 0 Å². The molecule has 2 nitrogen and oxygen atoms in total. The van der Waals surface area contributed by atoms with Crippen LogP contribution in [0, 0.1) is 11.3 Å². The molecule has 9 heavy (non-hydrogen) atoms. The number of rotatable bonds is 0. The lowest BCUT2D eigenvalue weighted by atomic mass is 10.2. The van der Waals surface area contributed by atoms with Gasteiger partial charge >= 0.3 is 5.97 Å². The van der Waals surface area contributed by atoms with E-state index in [4.69, 9.17) is 4.74 Å². The molecule has 0 amide bonds. The molecule has 0 N–H and O–H groups in total. The zero-order valence-electron chi connectivity index (χ0n) is 5.09. The average molecular weight is 124 g/mol. The summed E-state index contributed by atoms with van der Waals surface area (Å²) in [6, 6.07) is 0. The maximum Gasteiger partial charge on any atom is 0.306 e.